The van der Waals surface area contributed by atoms with Crippen molar-refractivity contribution in [3.63, 3.8) is 0 Å². The summed E-state index contributed by atoms with van der Waals surface area (Å²) in [5.41, 5.74) is 7.00. The standard InChI is InChI=1S/C13H19BrN2O/c14-11-3-1-2-4-12(11)16-13(9-15)10-5-7-17-8-6-10/h1-4,10,13,16H,5-9,15H2. The molecule has 1 unspecified atom stereocenters. The molecule has 1 aromatic carbocycles. The molecule has 0 saturated carbocycles. The maximum absolute atomic E-state index is 5.88. The smallest absolute Gasteiger partial charge is 0.0487 e. The van der Waals surface area contributed by atoms with Crippen LogP contribution in [0, 0.1) is 5.92 Å². The Hall–Kier alpha value is -0.580. The van der Waals surface area contributed by atoms with E-state index < -0.39 is 0 Å². The predicted molar refractivity (Wildman–Crippen MR) is 74.2 cm³/mol. The molecule has 1 fully saturated rings. The Bertz CT molecular complexity index is 353. The number of benzene rings is 1. The summed E-state index contributed by atoms with van der Waals surface area (Å²) in [6, 6.07) is 8.50. The van der Waals surface area contributed by atoms with Gasteiger partial charge >= 0.3 is 0 Å². The van der Waals surface area contributed by atoms with E-state index in [1.807, 2.05) is 18.2 Å². The van der Waals surface area contributed by atoms with Crippen molar-refractivity contribution in [2.75, 3.05) is 25.1 Å². The van der Waals surface area contributed by atoms with Gasteiger partial charge in [0.1, 0.15) is 0 Å². The van der Waals surface area contributed by atoms with Crippen LogP contribution in [-0.2, 0) is 4.74 Å². The molecule has 1 atom stereocenters. The summed E-state index contributed by atoms with van der Waals surface area (Å²) in [6.45, 7) is 2.38. The van der Waals surface area contributed by atoms with Crippen LogP contribution >= 0.6 is 15.9 Å². The molecule has 0 spiro atoms. The number of ether oxygens (including phenoxy) is 1. The molecule has 1 heterocycles. The fourth-order valence-electron chi connectivity index (χ4n) is 2.27. The van der Waals surface area contributed by atoms with Gasteiger partial charge in [-0.25, -0.2) is 0 Å². The summed E-state index contributed by atoms with van der Waals surface area (Å²) >= 11 is 3.55. The van der Waals surface area contributed by atoms with E-state index in [9.17, 15) is 0 Å². The van der Waals surface area contributed by atoms with Crippen LogP contribution in [-0.4, -0.2) is 25.8 Å². The summed E-state index contributed by atoms with van der Waals surface area (Å²) in [5, 5.41) is 3.54. The number of para-hydroxylation sites is 1. The molecule has 2 rings (SSSR count). The quantitative estimate of drug-likeness (QED) is 0.898. The molecular weight excluding hydrogens is 280 g/mol. The van der Waals surface area contributed by atoms with Crippen LogP contribution in [0.15, 0.2) is 28.7 Å². The topological polar surface area (TPSA) is 47.3 Å². The average Bonchev–Trinajstić information content (AvgIpc) is 2.39. The van der Waals surface area contributed by atoms with Crippen molar-refractivity contribution in [1.82, 2.24) is 0 Å². The lowest BCUT2D eigenvalue weighted by Crippen LogP contribution is -2.39. The maximum atomic E-state index is 5.88. The highest BCUT2D eigenvalue weighted by Gasteiger charge is 2.23. The third kappa shape index (κ3) is 3.44. The molecule has 1 saturated heterocycles. The fraction of sp³-hybridized carbons (Fsp3) is 0.538. The van der Waals surface area contributed by atoms with E-state index in [0.29, 0.717) is 18.5 Å². The first-order valence-electron chi connectivity index (χ1n) is 6.10. The summed E-state index contributed by atoms with van der Waals surface area (Å²) < 4.78 is 6.48. The highest BCUT2D eigenvalue weighted by Crippen LogP contribution is 2.26. The molecule has 3 nitrogen and oxygen atoms in total. The van der Waals surface area contributed by atoms with Gasteiger partial charge in [0.25, 0.3) is 0 Å². The Morgan fingerprint density at radius 3 is 2.71 bits per heavy atom. The summed E-state index contributed by atoms with van der Waals surface area (Å²) in [5.74, 6) is 0.612. The minimum Gasteiger partial charge on any atom is -0.381 e. The van der Waals surface area contributed by atoms with Crippen LogP contribution in [0.1, 0.15) is 12.8 Å². The Balaban J connectivity index is 2.01. The number of hydrogen-bond donors (Lipinski definition) is 2. The van der Waals surface area contributed by atoms with Crippen LogP contribution in [0.4, 0.5) is 5.69 Å². The van der Waals surface area contributed by atoms with Crippen molar-refractivity contribution in [3.05, 3.63) is 28.7 Å². The number of nitrogens with one attached hydrogen (secondary N) is 1. The van der Waals surface area contributed by atoms with Gasteiger partial charge < -0.3 is 15.8 Å². The van der Waals surface area contributed by atoms with Gasteiger partial charge in [-0.3, -0.25) is 0 Å². The van der Waals surface area contributed by atoms with E-state index in [1.54, 1.807) is 0 Å². The van der Waals surface area contributed by atoms with Gasteiger partial charge in [0.15, 0.2) is 0 Å². The zero-order chi connectivity index (χ0) is 12.1. The molecule has 1 aliphatic heterocycles. The van der Waals surface area contributed by atoms with Gasteiger partial charge in [0.2, 0.25) is 0 Å². The molecule has 0 aliphatic carbocycles. The normalized spacial score (nSPS) is 18.9. The number of rotatable bonds is 4. The highest BCUT2D eigenvalue weighted by molar-refractivity contribution is 9.10. The van der Waals surface area contributed by atoms with Crippen LogP contribution in [0.2, 0.25) is 0 Å². The number of nitrogens with two attached hydrogens (primary N) is 1. The molecular formula is C13H19BrN2O. The molecule has 0 radical (unpaired) electrons. The van der Waals surface area contributed by atoms with E-state index >= 15 is 0 Å². The summed E-state index contributed by atoms with van der Waals surface area (Å²) in [7, 11) is 0. The van der Waals surface area contributed by atoms with Gasteiger partial charge in [-0.1, -0.05) is 12.1 Å². The lowest BCUT2D eigenvalue weighted by Gasteiger charge is -2.31. The third-order valence-electron chi connectivity index (χ3n) is 3.30. The predicted octanol–water partition coefficient (Wildman–Crippen LogP) is 2.61. The van der Waals surface area contributed by atoms with Crippen LogP contribution in [0.5, 0.6) is 0 Å². The first-order chi connectivity index (χ1) is 8.31. The van der Waals surface area contributed by atoms with Gasteiger partial charge in [-0.15, -0.1) is 0 Å². The summed E-state index contributed by atoms with van der Waals surface area (Å²) in [6.07, 6.45) is 2.19. The van der Waals surface area contributed by atoms with Gasteiger partial charge in [0, 0.05) is 36.0 Å². The second-order valence-electron chi connectivity index (χ2n) is 4.42. The maximum Gasteiger partial charge on any atom is 0.0487 e. The fourth-order valence-corrected chi connectivity index (χ4v) is 2.66. The Kier molecular flexibility index (Phi) is 4.83. The average molecular weight is 299 g/mol. The van der Waals surface area contributed by atoms with Crippen molar-refractivity contribution in [3.8, 4) is 0 Å². The van der Waals surface area contributed by atoms with Gasteiger partial charge in [-0.2, -0.15) is 0 Å². The van der Waals surface area contributed by atoms with Crippen molar-refractivity contribution in [2.45, 2.75) is 18.9 Å². The largest absolute Gasteiger partial charge is 0.381 e. The Morgan fingerprint density at radius 2 is 2.06 bits per heavy atom. The number of anilines is 1. The van der Waals surface area contributed by atoms with Crippen molar-refractivity contribution in [2.24, 2.45) is 11.7 Å². The first-order valence-corrected chi connectivity index (χ1v) is 6.89. The zero-order valence-corrected chi connectivity index (χ0v) is 11.4. The van der Waals surface area contributed by atoms with Gasteiger partial charge in [0.05, 0.1) is 0 Å². The van der Waals surface area contributed by atoms with Crippen molar-refractivity contribution >= 4 is 21.6 Å². The molecule has 0 aromatic heterocycles. The van der Waals surface area contributed by atoms with E-state index in [1.165, 1.54) is 0 Å². The molecule has 3 N–H and O–H groups in total. The number of hydrogen-bond acceptors (Lipinski definition) is 3. The van der Waals surface area contributed by atoms with Crippen LogP contribution < -0.4 is 11.1 Å². The highest BCUT2D eigenvalue weighted by atomic mass is 79.9. The minimum absolute atomic E-state index is 0.331. The minimum atomic E-state index is 0.331. The second-order valence-corrected chi connectivity index (χ2v) is 5.27. The van der Waals surface area contributed by atoms with Crippen LogP contribution in [0.3, 0.4) is 0 Å². The van der Waals surface area contributed by atoms with Crippen LogP contribution in [0.25, 0.3) is 0 Å². The second kappa shape index (κ2) is 6.38. The lowest BCUT2D eigenvalue weighted by molar-refractivity contribution is 0.0613. The van der Waals surface area contributed by atoms with Gasteiger partial charge in [-0.05, 0) is 46.8 Å². The van der Waals surface area contributed by atoms with Crippen molar-refractivity contribution < 1.29 is 4.74 Å². The molecule has 1 aliphatic rings. The third-order valence-corrected chi connectivity index (χ3v) is 4.00. The van der Waals surface area contributed by atoms with E-state index in [0.717, 1.165) is 36.2 Å². The molecule has 94 valence electrons. The molecule has 0 bridgehead atoms. The Labute approximate surface area is 111 Å². The van der Waals surface area contributed by atoms with E-state index in [-0.39, 0.29) is 0 Å². The molecule has 17 heavy (non-hydrogen) atoms. The Morgan fingerprint density at radius 1 is 1.35 bits per heavy atom. The SMILES string of the molecule is NCC(Nc1ccccc1Br)C1CCOCC1. The molecule has 1 aromatic rings. The summed E-state index contributed by atoms with van der Waals surface area (Å²) in [4.78, 5) is 0. The molecule has 0 amide bonds. The van der Waals surface area contributed by atoms with E-state index in [2.05, 4.69) is 27.3 Å². The van der Waals surface area contributed by atoms with Crippen molar-refractivity contribution in [1.29, 1.82) is 0 Å². The number of halogens is 1. The monoisotopic (exact) mass is 298 g/mol. The van der Waals surface area contributed by atoms with E-state index in [4.69, 9.17) is 10.5 Å². The lowest BCUT2D eigenvalue weighted by atomic mass is 9.91. The zero-order valence-electron chi connectivity index (χ0n) is 9.86. The molecule has 4 heteroatoms. The first kappa shape index (κ1) is 12.9.